The van der Waals surface area contributed by atoms with E-state index in [9.17, 15) is 18.3 Å². The summed E-state index contributed by atoms with van der Waals surface area (Å²) < 4.78 is 44.9. The van der Waals surface area contributed by atoms with Gasteiger partial charge in [0.25, 0.3) is 0 Å². The molecule has 0 saturated heterocycles. The molecule has 0 amide bonds. The molecular formula is C14H13F3O3S. The van der Waals surface area contributed by atoms with E-state index in [4.69, 9.17) is 4.74 Å². The van der Waals surface area contributed by atoms with Gasteiger partial charge in [-0.2, -0.15) is 0 Å². The van der Waals surface area contributed by atoms with Crippen molar-refractivity contribution >= 4 is 11.3 Å². The van der Waals surface area contributed by atoms with Gasteiger partial charge in [0.2, 0.25) is 0 Å². The summed E-state index contributed by atoms with van der Waals surface area (Å²) in [5.41, 5.74) is 0.712. The van der Waals surface area contributed by atoms with Crippen LogP contribution in [0.2, 0.25) is 0 Å². The van der Waals surface area contributed by atoms with E-state index in [-0.39, 0.29) is 5.75 Å². The number of hydrogen-bond acceptors (Lipinski definition) is 4. The molecule has 0 spiro atoms. The maximum absolute atomic E-state index is 12.0. The monoisotopic (exact) mass is 318 g/mol. The highest BCUT2D eigenvalue weighted by Gasteiger charge is 2.30. The number of aliphatic hydroxyl groups is 1. The number of hydrogen-bond donors (Lipinski definition) is 1. The third kappa shape index (κ3) is 4.64. The van der Waals surface area contributed by atoms with Crippen molar-refractivity contribution in [3.05, 3.63) is 46.2 Å². The van der Waals surface area contributed by atoms with Gasteiger partial charge in [-0.3, -0.25) is 0 Å². The summed E-state index contributed by atoms with van der Waals surface area (Å²) >= 11 is 1.36. The number of rotatable bonds is 5. The minimum atomic E-state index is -4.70. The van der Waals surface area contributed by atoms with E-state index < -0.39 is 12.5 Å². The Labute approximate surface area is 123 Å². The van der Waals surface area contributed by atoms with Gasteiger partial charge in [0, 0.05) is 16.7 Å². The SMILES string of the molecule is COc1csc(C(O)Cc2ccc(OC(F)(F)F)cc2)c1. The molecule has 0 fully saturated rings. The fraction of sp³-hybridized carbons (Fsp3) is 0.286. The van der Waals surface area contributed by atoms with Crippen molar-refractivity contribution in [2.45, 2.75) is 18.9 Å². The lowest BCUT2D eigenvalue weighted by molar-refractivity contribution is -0.274. The summed E-state index contributed by atoms with van der Waals surface area (Å²) in [5.74, 6) is 0.390. The van der Waals surface area contributed by atoms with Crippen molar-refractivity contribution < 1.29 is 27.8 Å². The lowest BCUT2D eigenvalue weighted by atomic mass is 10.1. The van der Waals surface area contributed by atoms with Crippen molar-refractivity contribution in [1.82, 2.24) is 0 Å². The Kier molecular flexibility index (Phi) is 4.74. The van der Waals surface area contributed by atoms with Crippen molar-refractivity contribution in [2.24, 2.45) is 0 Å². The molecular weight excluding hydrogens is 305 g/mol. The molecule has 0 aliphatic carbocycles. The van der Waals surface area contributed by atoms with Gasteiger partial charge < -0.3 is 14.6 Å². The molecule has 21 heavy (non-hydrogen) atoms. The number of ether oxygens (including phenoxy) is 2. The zero-order chi connectivity index (χ0) is 15.5. The van der Waals surface area contributed by atoms with Gasteiger partial charge in [-0.05, 0) is 23.8 Å². The van der Waals surface area contributed by atoms with E-state index in [2.05, 4.69) is 4.74 Å². The van der Waals surface area contributed by atoms with Crippen LogP contribution in [0.3, 0.4) is 0 Å². The summed E-state index contributed by atoms with van der Waals surface area (Å²) in [6.45, 7) is 0. The first-order chi connectivity index (χ1) is 9.87. The molecule has 0 aliphatic heterocycles. The van der Waals surface area contributed by atoms with Crippen molar-refractivity contribution in [3.63, 3.8) is 0 Å². The highest BCUT2D eigenvalue weighted by molar-refractivity contribution is 7.10. The van der Waals surface area contributed by atoms with Gasteiger partial charge in [0.1, 0.15) is 11.5 Å². The molecule has 0 aliphatic rings. The van der Waals surface area contributed by atoms with Crippen molar-refractivity contribution in [2.75, 3.05) is 7.11 Å². The molecule has 3 nitrogen and oxygen atoms in total. The second-order valence-electron chi connectivity index (χ2n) is 4.30. The summed E-state index contributed by atoms with van der Waals surface area (Å²) in [4.78, 5) is 0.738. The molecule has 2 aromatic rings. The van der Waals surface area contributed by atoms with Crippen molar-refractivity contribution in [3.8, 4) is 11.5 Å². The van der Waals surface area contributed by atoms with Crippen LogP contribution >= 0.6 is 11.3 Å². The Morgan fingerprint density at radius 1 is 1.19 bits per heavy atom. The van der Waals surface area contributed by atoms with Crippen LogP contribution in [0.4, 0.5) is 13.2 Å². The Hall–Kier alpha value is -1.73. The smallest absolute Gasteiger partial charge is 0.496 e. The molecule has 0 saturated carbocycles. The van der Waals surface area contributed by atoms with Gasteiger partial charge >= 0.3 is 6.36 Å². The average Bonchev–Trinajstić information content (AvgIpc) is 2.88. The standard InChI is InChI=1S/C14H13F3O3S/c1-19-11-7-13(21-8-11)12(18)6-9-2-4-10(5-3-9)20-14(15,16)17/h2-5,7-8,12,18H,6H2,1H3. The maximum Gasteiger partial charge on any atom is 0.573 e. The summed E-state index contributed by atoms with van der Waals surface area (Å²) in [6, 6.07) is 7.18. The van der Waals surface area contributed by atoms with Gasteiger partial charge in [-0.15, -0.1) is 24.5 Å². The molecule has 0 radical (unpaired) electrons. The summed E-state index contributed by atoms with van der Waals surface area (Å²) in [6.07, 6.45) is -5.13. The predicted molar refractivity (Wildman–Crippen MR) is 72.7 cm³/mol. The van der Waals surface area contributed by atoms with Crippen LogP contribution in [0, 0.1) is 0 Å². The topological polar surface area (TPSA) is 38.7 Å². The molecule has 1 aromatic carbocycles. The molecule has 2 rings (SSSR count). The average molecular weight is 318 g/mol. The molecule has 1 atom stereocenters. The first-order valence-corrected chi connectivity index (χ1v) is 6.90. The maximum atomic E-state index is 12.0. The fourth-order valence-corrected chi connectivity index (χ4v) is 2.61. The molecule has 114 valence electrons. The molecule has 1 N–H and O–H groups in total. The number of benzene rings is 1. The van der Waals surface area contributed by atoms with E-state index in [1.807, 2.05) is 0 Å². The minimum Gasteiger partial charge on any atom is -0.496 e. The zero-order valence-electron chi connectivity index (χ0n) is 11.1. The fourth-order valence-electron chi connectivity index (χ4n) is 1.77. The molecule has 1 heterocycles. The largest absolute Gasteiger partial charge is 0.573 e. The summed E-state index contributed by atoms with van der Waals surface area (Å²) in [5, 5.41) is 11.9. The number of halogens is 3. The second kappa shape index (κ2) is 6.36. The second-order valence-corrected chi connectivity index (χ2v) is 5.24. The number of methoxy groups -OCH3 is 1. The van der Waals surface area contributed by atoms with Gasteiger partial charge in [-0.1, -0.05) is 12.1 Å². The van der Waals surface area contributed by atoms with Crippen LogP contribution in [0.1, 0.15) is 16.5 Å². The number of aliphatic hydroxyl groups excluding tert-OH is 1. The van der Waals surface area contributed by atoms with E-state index >= 15 is 0 Å². The summed E-state index contributed by atoms with van der Waals surface area (Å²) in [7, 11) is 1.54. The van der Waals surface area contributed by atoms with Crippen LogP contribution < -0.4 is 9.47 Å². The van der Waals surface area contributed by atoms with Crippen molar-refractivity contribution in [1.29, 1.82) is 0 Å². The third-order valence-electron chi connectivity index (χ3n) is 2.75. The lowest BCUT2D eigenvalue weighted by Gasteiger charge is -2.11. The third-order valence-corrected chi connectivity index (χ3v) is 3.76. The normalized spacial score (nSPS) is 13.0. The lowest BCUT2D eigenvalue weighted by Crippen LogP contribution is -2.17. The molecule has 1 aromatic heterocycles. The predicted octanol–water partition coefficient (Wildman–Crippen LogP) is 3.93. The van der Waals surface area contributed by atoms with Gasteiger partial charge in [0.15, 0.2) is 0 Å². The first-order valence-electron chi connectivity index (χ1n) is 6.02. The van der Waals surface area contributed by atoms with Crippen LogP contribution in [-0.4, -0.2) is 18.6 Å². The van der Waals surface area contributed by atoms with Gasteiger partial charge in [-0.25, -0.2) is 0 Å². The molecule has 7 heteroatoms. The number of thiophene rings is 1. The highest BCUT2D eigenvalue weighted by atomic mass is 32.1. The molecule has 1 unspecified atom stereocenters. The zero-order valence-corrected chi connectivity index (χ0v) is 11.9. The Balaban J connectivity index is 1.99. The number of alkyl halides is 3. The van der Waals surface area contributed by atoms with E-state index in [1.165, 1.54) is 42.7 Å². The van der Waals surface area contributed by atoms with E-state index in [0.29, 0.717) is 17.7 Å². The Bertz CT molecular complexity index is 578. The Morgan fingerprint density at radius 2 is 1.86 bits per heavy atom. The van der Waals surface area contributed by atoms with E-state index in [0.717, 1.165) is 4.88 Å². The van der Waals surface area contributed by atoms with Crippen LogP contribution in [0.5, 0.6) is 11.5 Å². The van der Waals surface area contributed by atoms with Crippen LogP contribution in [0.15, 0.2) is 35.7 Å². The highest BCUT2D eigenvalue weighted by Crippen LogP contribution is 2.29. The van der Waals surface area contributed by atoms with Crippen LogP contribution in [0.25, 0.3) is 0 Å². The van der Waals surface area contributed by atoms with Gasteiger partial charge in [0.05, 0.1) is 13.2 Å². The van der Waals surface area contributed by atoms with Crippen LogP contribution in [-0.2, 0) is 6.42 Å². The van der Waals surface area contributed by atoms with E-state index in [1.54, 1.807) is 11.4 Å². The molecule has 0 bridgehead atoms. The minimum absolute atomic E-state index is 0.279. The first kappa shape index (κ1) is 15.7. The Morgan fingerprint density at radius 3 is 2.38 bits per heavy atom. The quantitative estimate of drug-likeness (QED) is 0.908.